The fourth-order valence-corrected chi connectivity index (χ4v) is 2.61. The van der Waals surface area contributed by atoms with Crippen LogP contribution in [0.1, 0.15) is 0 Å². The molecular formula is C10H13NO6S. The summed E-state index contributed by atoms with van der Waals surface area (Å²) < 4.78 is 30.6. The van der Waals surface area contributed by atoms with Gasteiger partial charge in [-0.05, 0) is 12.1 Å². The maximum atomic E-state index is 11.9. The zero-order chi connectivity index (χ0) is 13.8. The van der Waals surface area contributed by atoms with Crippen molar-refractivity contribution in [3.63, 3.8) is 0 Å². The Morgan fingerprint density at radius 3 is 2.56 bits per heavy atom. The van der Waals surface area contributed by atoms with E-state index in [9.17, 15) is 13.2 Å². The Balaban J connectivity index is 3.10. The van der Waals surface area contributed by atoms with Gasteiger partial charge in [0.15, 0.2) is 0 Å². The molecular weight excluding hydrogens is 262 g/mol. The lowest BCUT2D eigenvalue weighted by molar-refractivity contribution is -0.139. The van der Waals surface area contributed by atoms with E-state index in [-0.39, 0.29) is 10.6 Å². The molecule has 0 saturated heterocycles. The second-order valence-corrected chi connectivity index (χ2v) is 5.03. The first-order chi connectivity index (χ1) is 8.42. The fourth-order valence-electron chi connectivity index (χ4n) is 1.26. The minimum atomic E-state index is -4.08. The Bertz CT molecular complexity index is 527. The lowest BCUT2D eigenvalue weighted by Crippen LogP contribution is -2.43. The quantitative estimate of drug-likeness (QED) is 0.640. The van der Waals surface area contributed by atoms with E-state index in [1.165, 1.54) is 25.3 Å². The van der Waals surface area contributed by atoms with Gasteiger partial charge in [-0.25, -0.2) is 8.42 Å². The maximum absolute atomic E-state index is 11.9. The van der Waals surface area contributed by atoms with Gasteiger partial charge in [0.1, 0.15) is 16.7 Å². The molecule has 1 aromatic rings. The van der Waals surface area contributed by atoms with Gasteiger partial charge in [-0.2, -0.15) is 4.72 Å². The van der Waals surface area contributed by atoms with Crippen LogP contribution in [0.5, 0.6) is 5.75 Å². The molecule has 8 heteroatoms. The SMILES string of the molecule is COc1ccccc1S(=O)(=O)NC(CO)C(=O)O. The van der Waals surface area contributed by atoms with E-state index in [0.717, 1.165) is 0 Å². The molecule has 0 aliphatic carbocycles. The highest BCUT2D eigenvalue weighted by atomic mass is 32.2. The van der Waals surface area contributed by atoms with Crippen LogP contribution in [0.25, 0.3) is 0 Å². The first-order valence-corrected chi connectivity index (χ1v) is 6.39. The van der Waals surface area contributed by atoms with E-state index in [2.05, 4.69) is 0 Å². The number of para-hydroxylation sites is 1. The van der Waals surface area contributed by atoms with Crippen LogP contribution < -0.4 is 9.46 Å². The van der Waals surface area contributed by atoms with Crippen molar-refractivity contribution in [1.29, 1.82) is 0 Å². The third-order valence-electron chi connectivity index (χ3n) is 2.14. The van der Waals surface area contributed by atoms with Gasteiger partial charge >= 0.3 is 5.97 Å². The second-order valence-electron chi connectivity index (χ2n) is 3.35. The number of hydrogen-bond donors (Lipinski definition) is 3. The van der Waals surface area contributed by atoms with Crippen LogP contribution >= 0.6 is 0 Å². The van der Waals surface area contributed by atoms with E-state index in [4.69, 9.17) is 14.9 Å². The number of carboxylic acids is 1. The van der Waals surface area contributed by atoms with E-state index in [1.807, 2.05) is 4.72 Å². The number of nitrogens with one attached hydrogen (secondary N) is 1. The summed E-state index contributed by atoms with van der Waals surface area (Å²) >= 11 is 0. The highest BCUT2D eigenvalue weighted by Gasteiger charge is 2.26. The van der Waals surface area contributed by atoms with Crippen LogP contribution in [0.4, 0.5) is 0 Å². The molecule has 0 radical (unpaired) electrons. The molecule has 3 N–H and O–H groups in total. The van der Waals surface area contributed by atoms with Crippen LogP contribution in [0.15, 0.2) is 29.2 Å². The number of benzene rings is 1. The summed E-state index contributed by atoms with van der Waals surface area (Å²) in [4.78, 5) is 10.5. The Labute approximate surface area is 104 Å². The number of rotatable bonds is 6. The van der Waals surface area contributed by atoms with E-state index >= 15 is 0 Å². The van der Waals surface area contributed by atoms with Gasteiger partial charge < -0.3 is 14.9 Å². The molecule has 0 amide bonds. The molecule has 0 aliphatic rings. The molecule has 0 spiro atoms. The van der Waals surface area contributed by atoms with Crippen LogP contribution in [-0.2, 0) is 14.8 Å². The maximum Gasteiger partial charge on any atom is 0.324 e. The molecule has 18 heavy (non-hydrogen) atoms. The zero-order valence-corrected chi connectivity index (χ0v) is 10.3. The standard InChI is InChI=1S/C10H13NO6S/c1-17-8-4-2-3-5-9(8)18(15,16)11-7(6-12)10(13)14/h2-5,7,11-12H,6H2,1H3,(H,13,14). The third-order valence-corrected chi connectivity index (χ3v) is 3.65. The number of methoxy groups -OCH3 is 1. The van der Waals surface area contributed by atoms with Crippen LogP contribution in [0, 0.1) is 0 Å². The number of aliphatic hydroxyl groups excluding tert-OH is 1. The van der Waals surface area contributed by atoms with Gasteiger partial charge in [-0.15, -0.1) is 0 Å². The van der Waals surface area contributed by atoms with Gasteiger partial charge in [0.2, 0.25) is 10.0 Å². The molecule has 1 atom stereocenters. The van der Waals surface area contributed by atoms with Crippen LogP contribution in [0.2, 0.25) is 0 Å². The predicted octanol–water partition coefficient (Wildman–Crippen LogP) is -0.581. The molecule has 0 fully saturated rings. The van der Waals surface area contributed by atoms with Gasteiger partial charge in [0.05, 0.1) is 13.7 Å². The van der Waals surface area contributed by atoms with Gasteiger partial charge in [0.25, 0.3) is 0 Å². The highest BCUT2D eigenvalue weighted by Crippen LogP contribution is 2.22. The predicted molar refractivity (Wildman–Crippen MR) is 61.8 cm³/mol. The largest absolute Gasteiger partial charge is 0.495 e. The summed E-state index contributed by atoms with van der Waals surface area (Å²) in [5.41, 5.74) is 0. The Hall–Kier alpha value is -1.64. The first kappa shape index (κ1) is 14.4. The number of aliphatic hydroxyl groups is 1. The van der Waals surface area contributed by atoms with Crippen molar-refractivity contribution < 1.29 is 28.2 Å². The molecule has 0 bridgehead atoms. The molecule has 0 saturated carbocycles. The number of hydrogen-bond acceptors (Lipinski definition) is 5. The lowest BCUT2D eigenvalue weighted by Gasteiger charge is -2.14. The monoisotopic (exact) mass is 275 g/mol. The molecule has 1 rings (SSSR count). The van der Waals surface area contributed by atoms with E-state index < -0.39 is 28.6 Å². The van der Waals surface area contributed by atoms with Crippen LogP contribution in [0.3, 0.4) is 0 Å². The first-order valence-electron chi connectivity index (χ1n) is 4.91. The molecule has 100 valence electrons. The number of carbonyl (C=O) groups is 1. The highest BCUT2D eigenvalue weighted by molar-refractivity contribution is 7.89. The summed E-state index contributed by atoms with van der Waals surface area (Å²) in [5, 5.41) is 17.5. The summed E-state index contributed by atoms with van der Waals surface area (Å²) in [7, 11) is -2.77. The van der Waals surface area contributed by atoms with Crippen molar-refractivity contribution in [1.82, 2.24) is 4.72 Å². The number of aliphatic carboxylic acids is 1. The van der Waals surface area contributed by atoms with E-state index in [1.54, 1.807) is 6.07 Å². The van der Waals surface area contributed by atoms with Gasteiger partial charge in [-0.3, -0.25) is 4.79 Å². The number of ether oxygens (including phenoxy) is 1. The van der Waals surface area contributed by atoms with Gasteiger partial charge in [0, 0.05) is 0 Å². The Morgan fingerprint density at radius 2 is 2.06 bits per heavy atom. The van der Waals surface area contributed by atoms with Crippen molar-refractivity contribution in [2.45, 2.75) is 10.9 Å². The topological polar surface area (TPSA) is 113 Å². The summed E-state index contributed by atoms with van der Waals surface area (Å²) in [6.07, 6.45) is 0. The van der Waals surface area contributed by atoms with Gasteiger partial charge in [-0.1, -0.05) is 12.1 Å². The zero-order valence-electron chi connectivity index (χ0n) is 9.53. The summed E-state index contributed by atoms with van der Waals surface area (Å²) in [6.45, 7) is -0.844. The number of sulfonamides is 1. The second kappa shape index (κ2) is 5.80. The average Bonchev–Trinajstić information content (AvgIpc) is 2.35. The smallest absolute Gasteiger partial charge is 0.324 e. The van der Waals surface area contributed by atoms with Crippen molar-refractivity contribution in [2.75, 3.05) is 13.7 Å². The fraction of sp³-hybridized carbons (Fsp3) is 0.300. The molecule has 0 aromatic heterocycles. The molecule has 0 aliphatic heterocycles. The van der Waals surface area contributed by atoms with Crippen molar-refractivity contribution in [2.24, 2.45) is 0 Å². The molecule has 0 heterocycles. The Kier molecular flexibility index (Phi) is 4.65. The van der Waals surface area contributed by atoms with E-state index in [0.29, 0.717) is 0 Å². The Morgan fingerprint density at radius 1 is 1.44 bits per heavy atom. The van der Waals surface area contributed by atoms with Crippen molar-refractivity contribution in [3.05, 3.63) is 24.3 Å². The number of carboxylic acid groups (broad SMARTS) is 1. The molecule has 1 aromatic carbocycles. The average molecular weight is 275 g/mol. The third kappa shape index (κ3) is 3.19. The summed E-state index contributed by atoms with van der Waals surface area (Å²) in [5.74, 6) is -1.37. The minimum absolute atomic E-state index is 0.0899. The summed E-state index contributed by atoms with van der Waals surface area (Å²) in [6, 6.07) is 4.17. The minimum Gasteiger partial charge on any atom is -0.495 e. The van der Waals surface area contributed by atoms with Crippen molar-refractivity contribution >= 4 is 16.0 Å². The lowest BCUT2D eigenvalue weighted by atomic mass is 10.3. The normalized spacial score (nSPS) is 13.0. The van der Waals surface area contributed by atoms with Crippen molar-refractivity contribution in [3.8, 4) is 5.75 Å². The molecule has 7 nitrogen and oxygen atoms in total. The van der Waals surface area contributed by atoms with Crippen LogP contribution in [-0.4, -0.2) is 44.4 Å². The molecule has 1 unspecified atom stereocenters.